The highest BCUT2D eigenvalue weighted by Crippen LogP contribution is 2.53. The van der Waals surface area contributed by atoms with Crippen LogP contribution in [0.2, 0.25) is 0 Å². The summed E-state index contributed by atoms with van der Waals surface area (Å²) in [7, 11) is 0. The molecule has 3 heteroatoms. The Balaban J connectivity index is 1.61. The third-order valence-corrected chi connectivity index (χ3v) is 6.07. The van der Waals surface area contributed by atoms with Crippen molar-refractivity contribution >= 4 is 17.3 Å². The van der Waals surface area contributed by atoms with Gasteiger partial charge in [0.2, 0.25) is 5.91 Å². The van der Waals surface area contributed by atoms with Gasteiger partial charge in [-0.3, -0.25) is 9.79 Å². The highest BCUT2D eigenvalue weighted by molar-refractivity contribution is 5.99. The molecule has 0 aromatic heterocycles. The van der Waals surface area contributed by atoms with Crippen molar-refractivity contribution in [3.63, 3.8) is 0 Å². The van der Waals surface area contributed by atoms with Crippen LogP contribution in [0, 0.1) is 11.8 Å². The largest absolute Gasteiger partial charge is 0.339 e. The number of amides is 1. The molecule has 0 spiro atoms. The monoisotopic (exact) mass is 280 g/mol. The maximum Gasteiger partial charge on any atom is 0.222 e. The van der Waals surface area contributed by atoms with Gasteiger partial charge in [0, 0.05) is 30.6 Å². The maximum atomic E-state index is 12.4. The average molecular weight is 280 g/mol. The molecule has 4 aliphatic rings. The molecule has 2 saturated heterocycles. The molecular formula is C18H20N2O. The molecule has 3 fully saturated rings. The number of nitrogens with zero attached hydrogens (tertiary/aromatic N) is 2. The van der Waals surface area contributed by atoms with Crippen molar-refractivity contribution in [3.8, 4) is 0 Å². The van der Waals surface area contributed by atoms with E-state index in [1.807, 2.05) is 0 Å². The minimum atomic E-state index is 0.400. The molecule has 1 aromatic rings. The van der Waals surface area contributed by atoms with E-state index in [-0.39, 0.29) is 0 Å². The van der Waals surface area contributed by atoms with Gasteiger partial charge < -0.3 is 4.90 Å². The second kappa shape index (κ2) is 4.19. The molecule has 21 heavy (non-hydrogen) atoms. The summed E-state index contributed by atoms with van der Waals surface area (Å²) in [5.41, 5.74) is 3.99. The molecular weight excluding hydrogens is 260 g/mol. The molecule has 1 amide bonds. The number of para-hydroxylation sites is 1. The van der Waals surface area contributed by atoms with Crippen molar-refractivity contribution in [2.75, 3.05) is 6.54 Å². The van der Waals surface area contributed by atoms with E-state index in [4.69, 9.17) is 4.99 Å². The predicted octanol–water partition coefficient (Wildman–Crippen LogP) is 3.28. The van der Waals surface area contributed by atoms with Crippen LogP contribution in [0.25, 0.3) is 0 Å². The first-order valence-electron chi connectivity index (χ1n) is 8.29. The number of aliphatic imine (C=N–C) groups is 1. The van der Waals surface area contributed by atoms with Crippen LogP contribution in [0.3, 0.4) is 0 Å². The fourth-order valence-corrected chi connectivity index (χ4v) is 5.33. The summed E-state index contributed by atoms with van der Waals surface area (Å²) in [6, 6.07) is 9.10. The normalized spacial score (nSPS) is 36.7. The van der Waals surface area contributed by atoms with Crippen LogP contribution in [-0.4, -0.2) is 29.1 Å². The number of rotatable bonds is 0. The fourth-order valence-electron chi connectivity index (χ4n) is 5.33. The van der Waals surface area contributed by atoms with E-state index < -0.39 is 0 Å². The van der Waals surface area contributed by atoms with Crippen molar-refractivity contribution in [2.45, 2.75) is 44.1 Å². The smallest absolute Gasteiger partial charge is 0.222 e. The third kappa shape index (κ3) is 1.55. The van der Waals surface area contributed by atoms with Crippen molar-refractivity contribution in [1.82, 2.24) is 4.90 Å². The second-order valence-corrected chi connectivity index (χ2v) is 7.03. The van der Waals surface area contributed by atoms with E-state index in [1.54, 1.807) is 0 Å². The summed E-state index contributed by atoms with van der Waals surface area (Å²) in [5, 5.41) is 0. The Morgan fingerprint density at radius 1 is 1.19 bits per heavy atom. The zero-order valence-electron chi connectivity index (χ0n) is 12.2. The van der Waals surface area contributed by atoms with Crippen LogP contribution < -0.4 is 0 Å². The number of carbonyl (C=O) groups excluding carboxylic acids is 1. The molecule has 3 heterocycles. The van der Waals surface area contributed by atoms with Gasteiger partial charge in [-0.2, -0.15) is 0 Å². The van der Waals surface area contributed by atoms with E-state index >= 15 is 0 Å². The van der Waals surface area contributed by atoms with Crippen LogP contribution in [-0.2, 0) is 4.79 Å². The first-order valence-corrected chi connectivity index (χ1v) is 8.29. The second-order valence-electron chi connectivity index (χ2n) is 7.03. The van der Waals surface area contributed by atoms with Gasteiger partial charge in [-0.05, 0) is 49.1 Å². The first-order chi connectivity index (χ1) is 10.3. The lowest BCUT2D eigenvalue weighted by atomic mass is 9.67. The Labute approximate surface area is 125 Å². The minimum Gasteiger partial charge on any atom is -0.339 e. The molecule has 3 aliphatic heterocycles. The van der Waals surface area contributed by atoms with Gasteiger partial charge in [-0.25, -0.2) is 0 Å². The summed E-state index contributed by atoms with van der Waals surface area (Å²) < 4.78 is 0. The summed E-state index contributed by atoms with van der Waals surface area (Å²) in [4.78, 5) is 19.5. The number of hydrogen-bond acceptors (Lipinski definition) is 2. The summed E-state index contributed by atoms with van der Waals surface area (Å²) in [6.07, 6.45) is 5.28. The zero-order valence-corrected chi connectivity index (χ0v) is 12.2. The number of carbonyl (C=O) groups is 1. The van der Waals surface area contributed by atoms with Crippen molar-refractivity contribution in [2.24, 2.45) is 16.8 Å². The van der Waals surface area contributed by atoms with Crippen LogP contribution >= 0.6 is 0 Å². The van der Waals surface area contributed by atoms with Crippen LogP contribution in [0.4, 0.5) is 5.69 Å². The molecule has 0 bridgehead atoms. The van der Waals surface area contributed by atoms with Gasteiger partial charge in [-0.1, -0.05) is 18.2 Å². The third-order valence-electron chi connectivity index (χ3n) is 6.07. The highest BCUT2D eigenvalue weighted by atomic mass is 16.2. The van der Waals surface area contributed by atoms with Gasteiger partial charge >= 0.3 is 0 Å². The van der Waals surface area contributed by atoms with Crippen molar-refractivity contribution in [1.29, 1.82) is 0 Å². The predicted molar refractivity (Wildman–Crippen MR) is 81.8 cm³/mol. The molecule has 3 nitrogen and oxygen atoms in total. The van der Waals surface area contributed by atoms with E-state index in [0.717, 1.165) is 32.2 Å². The maximum absolute atomic E-state index is 12.4. The summed E-state index contributed by atoms with van der Waals surface area (Å²) >= 11 is 0. The standard InChI is InChI=1S/C18H20N2O/c21-16-7-3-4-11-10-15-17(13-8-9-20(16)18(11)13)12-5-1-2-6-14(12)19-15/h1-2,5-6,11,13,17-18H,3-4,7-10H2/t11-,13+,17?,18-/m1/s1. The number of hydrogen-bond donors (Lipinski definition) is 0. The van der Waals surface area contributed by atoms with E-state index in [2.05, 4.69) is 29.2 Å². The quantitative estimate of drug-likeness (QED) is 0.718. The van der Waals surface area contributed by atoms with Crippen molar-refractivity contribution in [3.05, 3.63) is 29.8 Å². The van der Waals surface area contributed by atoms with Gasteiger partial charge in [0.1, 0.15) is 0 Å². The van der Waals surface area contributed by atoms with Gasteiger partial charge in [0.15, 0.2) is 0 Å². The van der Waals surface area contributed by atoms with Crippen LogP contribution in [0.15, 0.2) is 29.3 Å². The molecule has 108 valence electrons. The van der Waals surface area contributed by atoms with Crippen molar-refractivity contribution < 1.29 is 4.79 Å². The molecule has 4 atom stereocenters. The van der Waals surface area contributed by atoms with E-state index in [9.17, 15) is 4.79 Å². The molecule has 0 radical (unpaired) electrons. The highest BCUT2D eigenvalue weighted by Gasteiger charge is 2.52. The lowest BCUT2D eigenvalue weighted by molar-refractivity contribution is -0.132. The Bertz CT molecular complexity index is 650. The minimum absolute atomic E-state index is 0.400. The number of benzene rings is 1. The van der Waals surface area contributed by atoms with E-state index in [1.165, 1.54) is 23.4 Å². The Morgan fingerprint density at radius 2 is 2.10 bits per heavy atom. The SMILES string of the molecule is O=C1CCC[C@@H]2CC3=Nc4ccccc4C3[C@@H]3CCN1[C@H]23. The Morgan fingerprint density at radius 3 is 3.05 bits per heavy atom. The van der Waals surface area contributed by atoms with Crippen LogP contribution in [0.5, 0.6) is 0 Å². The molecule has 1 unspecified atom stereocenters. The van der Waals surface area contributed by atoms with Crippen LogP contribution in [0.1, 0.15) is 43.6 Å². The molecule has 1 aromatic carbocycles. The molecule has 1 saturated carbocycles. The number of fused-ring (bicyclic) bond motifs is 4. The van der Waals surface area contributed by atoms with Gasteiger partial charge in [0.25, 0.3) is 0 Å². The summed E-state index contributed by atoms with van der Waals surface area (Å²) in [5.74, 6) is 2.14. The Kier molecular flexibility index (Phi) is 2.38. The van der Waals surface area contributed by atoms with Gasteiger partial charge in [0.05, 0.1) is 5.69 Å². The topological polar surface area (TPSA) is 32.7 Å². The molecule has 0 N–H and O–H groups in total. The van der Waals surface area contributed by atoms with E-state index in [0.29, 0.717) is 29.7 Å². The fraction of sp³-hybridized carbons (Fsp3) is 0.556. The summed E-state index contributed by atoms with van der Waals surface area (Å²) in [6.45, 7) is 0.969. The molecule has 1 aliphatic carbocycles. The molecule has 5 rings (SSSR count). The first kappa shape index (κ1) is 12.0. The lowest BCUT2D eigenvalue weighted by Crippen LogP contribution is -2.47. The zero-order chi connectivity index (χ0) is 14.0. The van der Waals surface area contributed by atoms with Gasteiger partial charge in [-0.15, -0.1) is 0 Å². The Hall–Kier alpha value is -1.64. The lowest BCUT2D eigenvalue weighted by Gasteiger charge is -2.41. The average Bonchev–Trinajstić information content (AvgIpc) is 3.03.